The molecule has 1 unspecified atom stereocenters. The second-order valence-corrected chi connectivity index (χ2v) is 6.58. The van der Waals surface area contributed by atoms with Gasteiger partial charge in [-0.1, -0.05) is 0 Å². The van der Waals surface area contributed by atoms with E-state index in [1.54, 1.807) is 6.07 Å². The van der Waals surface area contributed by atoms with Gasteiger partial charge >= 0.3 is 0 Å². The number of nitrogens with one attached hydrogen (secondary N) is 2. The molecular formula is C17H22N6O. The summed E-state index contributed by atoms with van der Waals surface area (Å²) < 4.78 is 0. The Labute approximate surface area is 140 Å². The zero-order chi connectivity index (χ0) is 16.4. The van der Waals surface area contributed by atoms with Crippen molar-refractivity contribution in [3.63, 3.8) is 0 Å². The van der Waals surface area contributed by atoms with E-state index in [2.05, 4.69) is 30.4 Å². The Morgan fingerprint density at radius 2 is 2.12 bits per heavy atom. The van der Waals surface area contributed by atoms with E-state index in [-0.39, 0.29) is 5.56 Å². The summed E-state index contributed by atoms with van der Waals surface area (Å²) in [6.07, 6.45) is 7.72. The molecule has 0 amide bonds. The highest BCUT2D eigenvalue weighted by Crippen LogP contribution is 2.38. The van der Waals surface area contributed by atoms with Crippen LogP contribution >= 0.6 is 0 Å². The average molecular weight is 326 g/mol. The third-order valence-corrected chi connectivity index (χ3v) is 4.72. The zero-order valence-corrected chi connectivity index (χ0v) is 13.6. The van der Waals surface area contributed by atoms with Crippen molar-refractivity contribution in [2.45, 2.75) is 44.1 Å². The van der Waals surface area contributed by atoms with Crippen molar-refractivity contribution in [1.82, 2.24) is 20.2 Å². The molecule has 0 radical (unpaired) electrons. The van der Waals surface area contributed by atoms with Crippen LogP contribution in [0, 0.1) is 0 Å². The number of H-pyrrole nitrogens is 1. The van der Waals surface area contributed by atoms with Crippen LogP contribution in [0.5, 0.6) is 0 Å². The minimum Gasteiger partial charge on any atom is -0.368 e. The van der Waals surface area contributed by atoms with Gasteiger partial charge < -0.3 is 10.2 Å². The standard InChI is InChI=1S/C17H22N6O/c24-16-7-6-15(21-22-16)23-10-2-1-3-13(23)11-19-14-8-9-18-17(20-14)12-4-5-12/h6-9,12-13H,1-5,10-11H2,(H,22,24)(H,18,19,20). The lowest BCUT2D eigenvalue weighted by Gasteiger charge is -2.36. The van der Waals surface area contributed by atoms with E-state index < -0.39 is 0 Å². The summed E-state index contributed by atoms with van der Waals surface area (Å²) in [5.74, 6) is 3.25. The number of aromatic nitrogens is 4. The van der Waals surface area contributed by atoms with Gasteiger partial charge in [0, 0.05) is 37.3 Å². The van der Waals surface area contributed by atoms with Gasteiger partial charge in [-0.2, -0.15) is 5.10 Å². The maximum absolute atomic E-state index is 11.2. The number of piperidine rings is 1. The quantitative estimate of drug-likeness (QED) is 0.873. The monoisotopic (exact) mass is 326 g/mol. The van der Waals surface area contributed by atoms with E-state index in [0.717, 1.165) is 43.4 Å². The molecule has 7 nitrogen and oxygen atoms in total. The molecular weight excluding hydrogens is 304 g/mol. The molecule has 2 fully saturated rings. The van der Waals surface area contributed by atoms with Crippen molar-refractivity contribution in [1.29, 1.82) is 0 Å². The van der Waals surface area contributed by atoms with E-state index in [1.807, 2.05) is 12.3 Å². The fourth-order valence-corrected chi connectivity index (χ4v) is 3.24. The van der Waals surface area contributed by atoms with Crippen molar-refractivity contribution in [2.75, 3.05) is 23.3 Å². The Morgan fingerprint density at radius 1 is 1.21 bits per heavy atom. The number of nitrogens with zero attached hydrogens (tertiary/aromatic N) is 4. The van der Waals surface area contributed by atoms with Gasteiger partial charge in [-0.05, 0) is 44.2 Å². The third-order valence-electron chi connectivity index (χ3n) is 4.72. The molecule has 1 saturated heterocycles. The van der Waals surface area contributed by atoms with Gasteiger partial charge in [-0.15, -0.1) is 0 Å². The molecule has 2 aromatic rings. The topological polar surface area (TPSA) is 86.8 Å². The molecule has 2 aromatic heterocycles. The van der Waals surface area contributed by atoms with Gasteiger partial charge in [-0.3, -0.25) is 4.79 Å². The maximum atomic E-state index is 11.2. The van der Waals surface area contributed by atoms with Crippen molar-refractivity contribution in [3.05, 3.63) is 40.6 Å². The molecule has 24 heavy (non-hydrogen) atoms. The molecule has 1 aliphatic carbocycles. The van der Waals surface area contributed by atoms with Crippen molar-refractivity contribution in [2.24, 2.45) is 0 Å². The van der Waals surface area contributed by atoms with Crippen LogP contribution in [0.25, 0.3) is 0 Å². The zero-order valence-electron chi connectivity index (χ0n) is 13.6. The van der Waals surface area contributed by atoms with E-state index >= 15 is 0 Å². The van der Waals surface area contributed by atoms with E-state index in [0.29, 0.717) is 12.0 Å². The third kappa shape index (κ3) is 3.39. The number of aromatic amines is 1. The Hall–Kier alpha value is -2.44. The summed E-state index contributed by atoms with van der Waals surface area (Å²) in [5.41, 5.74) is -0.168. The number of anilines is 2. The van der Waals surface area contributed by atoms with Gasteiger partial charge in [0.1, 0.15) is 17.5 Å². The summed E-state index contributed by atoms with van der Waals surface area (Å²) in [6.45, 7) is 1.77. The molecule has 4 rings (SSSR count). The Bertz CT molecular complexity index is 736. The van der Waals surface area contributed by atoms with Crippen molar-refractivity contribution >= 4 is 11.6 Å². The first-order valence-electron chi connectivity index (χ1n) is 8.69. The molecule has 0 bridgehead atoms. The van der Waals surface area contributed by atoms with Gasteiger partial charge in [0.25, 0.3) is 5.56 Å². The molecule has 1 atom stereocenters. The first-order valence-corrected chi connectivity index (χ1v) is 8.69. The number of rotatable bonds is 5. The van der Waals surface area contributed by atoms with Gasteiger partial charge in [0.2, 0.25) is 0 Å². The first-order chi connectivity index (χ1) is 11.8. The lowest BCUT2D eigenvalue weighted by molar-refractivity contribution is 0.467. The molecule has 7 heteroatoms. The second kappa shape index (κ2) is 6.59. The Kier molecular flexibility index (Phi) is 4.15. The molecule has 1 aliphatic heterocycles. The summed E-state index contributed by atoms with van der Waals surface area (Å²) in [5, 5.41) is 10.2. The molecule has 2 N–H and O–H groups in total. The molecule has 3 heterocycles. The van der Waals surface area contributed by atoms with Crippen LogP contribution < -0.4 is 15.8 Å². The molecule has 2 aliphatic rings. The highest BCUT2D eigenvalue weighted by Gasteiger charge is 2.27. The molecule has 126 valence electrons. The van der Waals surface area contributed by atoms with E-state index in [4.69, 9.17) is 0 Å². The second-order valence-electron chi connectivity index (χ2n) is 6.58. The van der Waals surface area contributed by atoms with Gasteiger partial charge in [-0.25, -0.2) is 15.1 Å². The lowest BCUT2D eigenvalue weighted by Crippen LogP contribution is -2.44. The van der Waals surface area contributed by atoms with Gasteiger partial charge in [0.15, 0.2) is 0 Å². The normalized spacial score (nSPS) is 20.8. The van der Waals surface area contributed by atoms with E-state index in [1.165, 1.54) is 25.3 Å². The predicted octanol–water partition coefficient (Wildman–Crippen LogP) is 1.91. The predicted molar refractivity (Wildman–Crippen MR) is 92.3 cm³/mol. The fourth-order valence-electron chi connectivity index (χ4n) is 3.24. The Balaban J connectivity index is 1.44. The highest BCUT2D eigenvalue weighted by atomic mass is 16.1. The van der Waals surface area contributed by atoms with Crippen molar-refractivity contribution < 1.29 is 0 Å². The van der Waals surface area contributed by atoms with Crippen LogP contribution in [0.15, 0.2) is 29.2 Å². The molecule has 0 spiro atoms. The van der Waals surface area contributed by atoms with Crippen molar-refractivity contribution in [3.8, 4) is 0 Å². The average Bonchev–Trinajstić information content (AvgIpc) is 3.46. The van der Waals surface area contributed by atoms with Crippen LogP contribution in [0.3, 0.4) is 0 Å². The van der Waals surface area contributed by atoms with Gasteiger partial charge in [0.05, 0.1) is 0 Å². The largest absolute Gasteiger partial charge is 0.368 e. The summed E-state index contributed by atoms with van der Waals surface area (Å²) in [4.78, 5) is 22.5. The minimum absolute atomic E-state index is 0.168. The first kappa shape index (κ1) is 15.1. The van der Waals surface area contributed by atoms with Crippen LogP contribution in [0.1, 0.15) is 43.8 Å². The van der Waals surface area contributed by atoms with E-state index in [9.17, 15) is 4.79 Å². The van der Waals surface area contributed by atoms with Crippen LogP contribution in [-0.2, 0) is 0 Å². The number of hydrogen-bond acceptors (Lipinski definition) is 6. The number of hydrogen-bond donors (Lipinski definition) is 2. The van der Waals surface area contributed by atoms with Crippen LogP contribution in [0.2, 0.25) is 0 Å². The minimum atomic E-state index is -0.168. The Morgan fingerprint density at radius 3 is 2.92 bits per heavy atom. The van der Waals surface area contributed by atoms with Crippen LogP contribution in [-0.4, -0.2) is 39.3 Å². The summed E-state index contributed by atoms with van der Waals surface area (Å²) in [6, 6.07) is 5.61. The molecule has 0 aromatic carbocycles. The smallest absolute Gasteiger partial charge is 0.264 e. The molecule has 1 saturated carbocycles. The summed E-state index contributed by atoms with van der Waals surface area (Å²) >= 11 is 0. The SMILES string of the molecule is O=c1ccc(N2CCCCC2CNc2ccnc(C3CC3)n2)n[nH]1. The highest BCUT2D eigenvalue weighted by molar-refractivity contribution is 5.41. The maximum Gasteiger partial charge on any atom is 0.264 e. The fraction of sp³-hybridized carbons (Fsp3) is 0.529. The van der Waals surface area contributed by atoms with Crippen LogP contribution in [0.4, 0.5) is 11.6 Å². The summed E-state index contributed by atoms with van der Waals surface area (Å²) in [7, 11) is 0. The lowest BCUT2D eigenvalue weighted by atomic mass is 10.0.